The lowest BCUT2D eigenvalue weighted by atomic mass is 10.3. The number of aromatic nitrogens is 2. The molecule has 1 fully saturated rings. The predicted molar refractivity (Wildman–Crippen MR) is 84.2 cm³/mol. The zero-order valence-electron chi connectivity index (χ0n) is 12.0. The van der Waals surface area contributed by atoms with Gasteiger partial charge in [0.15, 0.2) is 0 Å². The van der Waals surface area contributed by atoms with Gasteiger partial charge in [0.05, 0.1) is 12.7 Å². The molecule has 0 radical (unpaired) electrons. The maximum absolute atomic E-state index is 5.73. The zero-order chi connectivity index (χ0) is 14.4. The lowest BCUT2D eigenvalue weighted by Gasteiger charge is -2.30. The normalized spacial score (nSPS) is 19.9. The van der Waals surface area contributed by atoms with Crippen LogP contribution in [0, 0.1) is 0 Å². The topological polar surface area (TPSA) is 62.3 Å². The van der Waals surface area contributed by atoms with Gasteiger partial charge < -0.3 is 20.3 Å². The molecule has 20 heavy (non-hydrogen) atoms. The van der Waals surface area contributed by atoms with E-state index in [1.807, 2.05) is 0 Å². The van der Waals surface area contributed by atoms with E-state index >= 15 is 0 Å². The van der Waals surface area contributed by atoms with Crippen LogP contribution in [0.25, 0.3) is 0 Å². The highest BCUT2D eigenvalue weighted by Crippen LogP contribution is 2.26. The first kappa shape index (κ1) is 15.5. The summed E-state index contributed by atoms with van der Waals surface area (Å²) >= 11 is 3.55. The van der Waals surface area contributed by atoms with Crippen LogP contribution in [-0.4, -0.2) is 60.8 Å². The third kappa shape index (κ3) is 4.29. The van der Waals surface area contributed by atoms with Gasteiger partial charge in [0.1, 0.15) is 22.4 Å². The molecule has 0 amide bonds. The summed E-state index contributed by atoms with van der Waals surface area (Å²) in [4.78, 5) is 10.8. The Morgan fingerprint density at radius 1 is 1.40 bits per heavy atom. The van der Waals surface area contributed by atoms with Gasteiger partial charge in [0, 0.05) is 26.2 Å². The fourth-order valence-electron chi connectivity index (χ4n) is 2.06. The molecule has 0 bridgehead atoms. The second-order valence-electron chi connectivity index (χ2n) is 4.95. The van der Waals surface area contributed by atoms with Crippen molar-refractivity contribution in [1.82, 2.24) is 14.9 Å². The van der Waals surface area contributed by atoms with Crippen LogP contribution < -0.4 is 10.6 Å². The molecule has 1 atom stereocenters. The van der Waals surface area contributed by atoms with Crippen LogP contribution in [0.4, 0.5) is 11.6 Å². The molecule has 1 aromatic rings. The minimum Gasteiger partial charge on any atom is -0.374 e. The van der Waals surface area contributed by atoms with E-state index in [0.717, 1.165) is 55.3 Å². The van der Waals surface area contributed by atoms with E-state index in [9.17, 15) is 0 Å². The average Bonchev–Trinajstić information content (AvgIpc) is 2.45. The van der Waals surface area contributed by atoms with Crippen molar-refractivity contribution in [2.75, 3.05) is 50.5 Å². The highest BCUT2D eigenvalue weighted by molar-refractivity contribution is 9.10. The van der Waals surface area contributed by atoms with E-state index < -0.39 is 0 Å². The second-order valence-corrected chi connectivity index (χ2v) is 5.74. The van der Waals surface area contributed by atoms with E-state index in [4.69, 9.17) is 4.74 Å². The second kappa shape index (κ2) is 7.75. The third-order valence-corrected chi connectivity index (χ3v) is 3.92. The number of nitrogens with one attached hydrogen (secondary N) is 2. The Balaban J connectivity index is 1.91. The zero-order valence-corrected chi connectivity index (χ0v) is 13.6. The molecule has 2 rings (SSSR count). The van der Waals surface area contributed by atoms with E-state index in [1.165, 1.54) is 0 Å². The van der Waals surface area contributed by atoms with E-state index in [-0.39, 0.29) is 6.10 Å². The molecule has 2 N–H and O–H groups in total. The molecular weight excluding hydrogens is 322 g/mol. The maximum Gasteiger partial charge on any atom is 0.146 e. The lowest BCUT2D eigenvalue weighted by molar-refractivity contribution is -0.0117. The van der Waals surface area contributed by atoms with Crippen LogP contribution in [0.15, 0.2) is 10.8 Å². The van der Waals surface area contributed by atoms with Gasteiger partial charge in [-0.15, -0.1) is 0 Å². The average molecular weight is 344 g/mol. The fourth-order valence-corrected chi connectivity index (χ4v) is 2.55. The number of hydrogen-bond acceptors (Lipinski definition) is 6. The Labute approximate surface area is 128 Å². The predicted octanol–water partition coefficient (Wildman–Crippen LogP) is 1.80. The Kier molecular flexibility index (Phi) is 6.00. The fraction of sp³-hybridized carbons (Fsp3) is 0.692. The molecule has 1 saturated heterocycles. The summed E-state index contributed by atoms with van der Waals surface area (Å²) in [5.74, 6) is 1.63. The summed E-state index contributed by atoms with van der Waals surface area (Å²) in [6.45, 7) is 6.49. The van der Waals surface area contributed by atoms with Gasteiger partial charge in [0.25, 0.3) is 0 Å². The van der Waals surface area contributed by atoms with E-state index in [1.54, 1.807) is 6.33 Å². The molecule has 0 aromatic carbocycles. The van der Waals surface area contributed by atoms with Crippen molar-refractivity contribution >= 4 is 27.6 Å². The maximum atomic E-state index is 5.73. The van der Waals surface area contributed by atoms with Crippen LogP contribution in [-0.2, 0) is 4.74 Å². The summed E-state index contributed by atoms with van der Waals surface area (Å²) in [7, 11) is 2.11. The van der Waals surface area contributed by atoms with Crippen molar-refractivity contribution in [2.45, 2.75) is 19.4 Å². The van der Waals surface area contributed by atoms with Gasteiger partial charge in [-0.25, -0.2) is 9.97 Å². The molecule has 2 heterocycles. The highest BCUT2D eigenvalue weighted by atomic mass is 79.9. The summed E-state index contributed by atoms with van der Waals surface area (Å²) < 4.78 is 6.60. The number of ether oxygens (including phenoxy) is 1. The quantitative estimate of drug-likeness (QED) is 0.821. The number of likely N-dealkylation sites (N-methyl/N-ethyl adjacent to an activating group) is 1. The smallest absolute Gasteiger partial charge is 0.146 e. The Morgan fingerprint density at radius 3 is 2.85 bits per heavy atom. The minimum atomic E-state index is 0.197. The number of hydrogen-bond donors (Lipinski definition) is 2. The van der Waals surface area contributed by atoms with Crippen LogP contribution >= 0.6 is 15.9 Å². The monoisotopic (exact) mass is 343 g/mol. The summed E-state index contributed by atoms with van der Waals surface area (Å²) in [5.41, 5.74) is 0. The van der Waals surface area contributed by atoms with Gasteiger partial charge in [-0.3, -0.25) is 0 Å². The summed E-state index contributed by atoms with van der Waals surface area (Å²) in [5, 5.41) is 6.60. The van der Waals surface area contributed by atoms with Crippen molar-refractivity contribution < 1.29 is 4.74 Å². The van der Waals surface area contributed by atoms with Crippen molar-refractivity contribution in [2.24, 2.45) is 0 Å². The number of anilines is 2. The Hall–Kier alpha value is -0.920. The molecule has 1 aliphatic heterocycles. The van der Waals surface area contributed by atoms with Gasteiger partial charge in [0.2, 0.25) is 0 Å². The number of nitrogens with zero attached hydrogens (tertiary/aromatic N) is 3. The molecule has 1 unspecified atom stereocenters. The number of morpholine rings is 1. The molecule has 112 valence electrons. The molecule has 6 nitrogen and oxygen atoms in total. The summed E-state index contributed by atoms with van der Waals surface area (Å²) in [6.07, 6.45) is 2.82. The molecule has 0 spiro atoms. The van der Waals surface area contributed by atoms with Crippen molar-refractivity contribution in [3.8, 4) is 0 Å². The molecule has 7 heteroatoms. The van der Waals surface area contributed by atoms with Crippen LogP contribution in [0.5, 0.6) is 0 Å². The molecule has 0 aliphatic carbocycles. The van der Waals surface area contributed by atoms with Crippen LogP contribution in [0.1, 0.15) is 13.3 Å². The first-order valence-corrected chi connectivity index (χ1v) is 7.78. The largest absolute Gasteiger partial charge is 0.374 e. The third-order valence-electron chi connectivity index (χ3n) is 3.17. The van der Waals surface area contributed by atoms with Gasteiger partial charge in [-0.1, -0.05) is 6.92 Å². The lowest BCUT2D eigenvalue weighted by Crippen LogP contribution is -2.43. The van der Waals surface area contributed by atoms with Crippen LogP contribution in [0.3, 0.4) is 0 Å². The minimum absolute atomic E-state index is 0.197. The molecule has 1 aliphatic rings. The highest BCUT2D eigenvalue weighted by Gasteiger charge is 2.18. The molecular formula is C13H22BrN5O. The Bertz CT molecular complexity index is 431. The van der Waals surface area contributed by atoms with Crippen molar-refractivity contribution in [1.29, 1.82) is 0 Å². The van der Waals surface area contributed by atoms with Gasteiger partial charge >= 0.3 is 0 Å². The van der Waals surface area contributed by atoms with E-state index in [0.29, 0.717) is 0 Å². The standard InChI is InChI=1S/C13H22BrN5O/c1-3-4-15-12-11(14)13(18-9-17-12)16-7-10-8-19(2)5-6-20-10/h9-10H,3-8H2,1-2H3,(H2,15,16,17,18). The van der Waals surface area contributed by atoms with Crippen molar-refractivity contribution in [3.63, 3.8) is 0 Å². The van der Waals surface area contributed by atoms with Crippen LogP contribution in [0.2, 0.25) is 0 Å². The number of halogens is 1. The summed E-state index contributed by atoms with van der Waals surface area (Å²) in [6, 6.07) is 0. The molecule has 1 aromatic heterocycles. The first-order valence-electron chi connectivity index (χ1n) is 6.99. The van der Waals surface area contributed by atoms with E-state index in [2.05, 4.69) is 55.4 Å². The van der Waals surface area contributed by atoms with Gasteiger partial charge in [-0.05, 0) is 29.4 Å². The van der Waals surface area contributed by atoms with Crippen molar-refractivity contribution in [3.05, 3.63) is 10.8 Å². The number of rotatable bonds is 6. The Morgan fingerprint density at radius 2 is 2.15 bits per heavy atom. The SMILES string of the molecule is CCCNc1ncnc(NCC2CN(C)CCO2)c1Br. The molecule has 0 saturated carbocycles. The first-order chi connectivity index (χ1) is 9.70. The van der Waals surface area contributed by atoms with Gasteiger partial charge in [-0.2, -0.15) is 0 Å².